The third-order valence-corrected chi connectivity index (χ3v) is 7.54. The van der Waals surface area contributed by atoms with Crippen LogP contribution in [-0.2, 0) is 28.7 Å². The highest BCUT2D eigenvalue weighted by molar-refractivity contribution is 7.47. The molecule has 0 aromatic carbocycles. The van der Waals surface area contributed by atoms with Gasteiger partial charge in [0.1, 0.15) is 17.9 Å². The molecule has 2 aromatic heterocycles. The van der Waals surface area contributed by atoms with Gasteiger partial charge in [0.2, 0.25) is 0 Å². The van der Waals surface area contributed by atoms with Gasteiger partial charge in [-0.3, -0.25) is 9.05 Å². The normalized spacial score (nSPS) is 21.3. The molecule has 3 rings (SSSR count). The first-order chi connectivity index (χ1) is 17.9. The molecule has 1 aliphatic heterocycles. The summed E-state index contributed by atoms with van der Waals surface area (Å²) in [5.41, 5.74) is 5.71. The van der Waals surface area contributed by atoms with Crippen LogP contribution in [0.2, 0.25) is 0 Å². The van der Waals surface area contributed by atoms with Crippen molar-refractivity contribution >= 4 is 19.2 Å². The first-order valence-electron chi connectivity index (χ1n) is 13.3. The molecule has 11 nitrogen and oxygen atoms in total. The molecule has 0 bridgehead atoms. The van der Waals surface area contributed by atoms with Crippen molar-refractivity contribution < 1.29 is 28.0 Å². The Morgan fingerprint density at radius 3 is 2.62 bits per heavy atom. The van der Waals surface area contributed by atoms with Crippen molar-refractivity contribution in [2.45, 2.75) is 89.3 Å². The number of fused-ring (bicyclic) bond motifs is 1. The average molecular weight is 538 g/mol. The minimum Gasteiger partial charge on any atom is -0.382 e. The molecule has 0 aliphatic carbocycles. The first-order valence-corrected chi connectivity index (χ1v) is 14.8. The quantitative estimate of drug-likeness (QED) is 0.198. The Kier molecular flexibility index (Phi) is 11.8. The summed E-state index contributed by atoms with van der Waals surface area (Å²) < 4.78 is 35.4. The number of hydrogen-bond acceptors (Lipinski definition) is 9. The van der Waals surface area contributed by atoms with Crippen LogP contribution >= 0.6 is 7.82 Å². The maximum Gasteiger partial charge on any atom is 0.472 e. The summed E-state index contributed by atoms with van der Waals surface area (Å²) in [7, 11) is -4.27. The molecule has 206 valence electrons. The third kappa shape index (κ3) is 8.74. The van der Waals surface area contributed by atoms with E-state index in [0.29, 0.717) is 36.5 Å². The van der Waals surface area contributed by atoms with Gasteiger partial charge in [-0.05, 0) is 31.4 Å². The Hall–Kier alpha value is -2.06. The number of nitrogen functional groups attached to an aromatic ring is 1. The van der Waals surface area contributed by atoms with Gasteiger partial charge in [0.25, 0.3) is 0 Å². The molecule has 37 heavy (non-hydrogen) atoms. The van der Waals surface area contributed by atoms with Crippen LogP contribution in [-0.4, -0.2) is 52.0 Å². The second kappa shape index (κ2) is 14.8. The van der Waals surface area contributed by atoms with Crippen LogP contribution in [0.1, 0.15) is 83.2 Å². The second-order valence-electron chi connectivity index (χ2n) is 9.42. The van der Waals surface area contributed by atoms with E-state index in [2.05, 4.69) is 23.1 Å². The van der Waals surface area contributed by atoms with E-state index in [9.17, 15) is 14.7 Å². The number of anilines is 1. The number of nitrogens with two attached hydrogens (primary N) is 1. The molecule has 12 heteroatoms. The Labute approximate surface area is 218 Å². The minimum atomic E-state index is -4.27. The number of aromatic nitrogens is 3. The number of phosphoric ester groups is 1. The van der Waals surface area contributed by atoms with Gasteiger partial charge in [-0.15, -0.1) is 0 Å². The van der Waals surface area contributed by atoms with Crippen molar-refractivity contribution in [1.29, 1.82) is 5.26 Å². The summed E-state index contributed by atoms with van der Waals surface area (Å²) in [5, 5.41) is 14.1. The Morgan fingerprint density at radius 1 is 1.16 bits per heavy atom. The van der Waals surface area contributed by atoms with Crippen molar-refractivity contribution in [1.82, 2.24) is 14.6 Å². The Balaban J connectivity index is 1.30. The van der Waals surface area contributed by atoms with Crippen LogP contribution in [0, 0.1) is 11.3 Å². The van der Waals surface area contributed by atoms with E-state index in [1.165, 1.54) is 55.8 Å². The summed E-state index contributed by atoms with van der Waals surface area (Å²) in [6, 6.07) is 5.67. The highest BCUT2D eigenvalue weighted by Gasteiger charge is 2.45. The topological polar surface area (TPSA) is 154 Å². The molecule has 2 aromatic rings. The predicted molar refractivity (Wildman–Crippen MR) is 139 cm³/mol. The van der Waals surface area contributed by atoms with E-state index in [1.54, 1.807) is 12.1 Å². The number of ether oxygens (including phenoxy) is 2. The maximum absolute atomic E-state index is 12.2. The van der Waals surface area contributed by atoms with Crippen LogP contribution < -0.4 is 5.73 Å². The highest BCUT2D eigenvalue weighted by atomic mass is 31.2. The molecule has 0 saturated carbocycles. The van der Waals surface area contributed by atoms with E-state index in [-0.39, 0.29) is 19.8 Å². The van der Waals surface area contributed by atoms with E-state index in [0.717, 1.165) is 12.8 Å². The number of unbranched alkanes of at least 4 members (excludes halogenated alkanes) is 8. The van der Waals surface area contributed by atoms with Crippen molar-refractivity contribution in [3.63, 3.8) is 0 Å². The average Bonchev–Trinajstić information content (AvgIpc) is 3.52. The zero-order valence-corrected chi connectivity index (χ0v) is 22.6. The lowest BCUT2D eigenvalue weighted by Gasteiger charge is -2.22. The van der Waals surface area contributed by atoms with Gasteiger partial charge in [-0.25, -0.2) is 14.1 Å². The summed E-state index contributed by atoms with van der Waals surface area (Å²) in [6.07, 6.45) is 12.7. The molecule has 3 N–H and O–H groups in total. The fourth-order valence-corrected chi connectivity index (χ4v) is 5.25. The molecule has 3 atom stereocenters. The largest absolute Gasteiger partial charge is 0.472 e. The smallest absolute Gasteiger partial charge is 0.382 e. The van der Waals surface area contributed by atoms with Gasteiger partial charge in [-0.2, -0.15) is 10.4 Å². The number of hydrogen-bond donors (Lipinski definition) is 2. The lowest BCUT2D eigenvalue weighted by molar-refractivity contribution is -0.0342. The standard InChI is InChI=1S/C25H40N5O6P/c1-2-3-4-5-6-7-8-9-10-15-33-16-17-34-37(31,32)35-18-21-13-14-25(19-26,36-21)23-12-11-22-24(27)28-20-29-30(22)23/h11-12,20-21H,2-10,13-18H2,1H3,(H,31,32)(H2,27,28,29). The van der Waals surface area contributed by atoms with Gasteiger partial charge >= 0.3 is 7.82 Å². The van der Waals surface area contributed by atoms with E-state index < -0.39 is 19.5 Å². The van der Waals surface area contributed by atoms with Crippen molar-refractivity contribution in [3.05, 3.63) is 24.2 Å². The zero-order valence-electron chi connectivity index (χ0n) is 21.7. The van der Waals surface area contributed by atoms with Gasteiger partial charge < -0.3 is 20.1 Å². The summed E-state index contributed by atoms with van der Waals surface area (Å²) >= 11 is 0. The molecular weight excluding hydrogens is 497 g/mol. The lowest BCUT2D eigenvalue weighted by Crippen LogP contribution is -2.28. The molecule has 3 unspecified atom stereocenters. The van der Waals surface area contributed by atoms with E-state index in [4.69, 9.17) is 24.3 Å². The molecular formula is C25H40N5O6P. The Bertz CT molecular complexity index is 1060. The molecule has 3 heterocycles. The molecule has 1 aliphatic rings. The number of nitrogens with zero attached hydrogens (tertiary/aromatic N) is 4. The fourth-order valence-electron chi connectivity index (χ4n) is 4.51. The summed E-state index contributed by atoms with van der Waals surface area (Å²) in [4.78, 5) is 13.9. The Morgan fingerprint density at radius 2 is 1.89 bits per heavy atom. The van der Waals surface area contributed by atoms with Gasteiger partial charge in [-0.1, -0.05) is 58.3 Å². The fraction of sp³-hybridized carbons (Fsp3) is 0.720. The third-order valence-electron chi connectivity index (χ3n) is 6.56. The zero-order chi connectivity index (χ0) is 26.6. The molecule has 0 amide bonds. The van der Waals surface area contributed by atoms with Crippen molar-refractivity contribution in [2.24, 2.45) is 0 Å². The van der Waals surface area contributed by atoms with Crippen LogP contribution in [0.15, 0.2) is 18.5 Å². The first kappa shape index (κ1) is 29.5. The van der Waals surface area contributed by atoms with Gasteiger partial charge in [0.05, 0.1) is 31.6 Å². The van der Waals surface area contributed by atoms with Crippen LogP contribution in [0.25, 0.3) is 5.52 Å². The minimum absolute atomic E-state index is 0.0455. The maximum atomic E-state index is 12.2. The summed E-state index contributed by atoms with van der Waals surface area (Å²) in [6.45, 7) is 2.82. The number of rotatable bonds is 18. The van der Waals surface area contributed by atoms with Crippen LogP contribution in [0.4, 0.5) is 5.82 Å². The highest BCUT2D eigenvalue weighted by Crippen LogP contribution is 2.45. The molecule has 0 spiro atoms. The van der Waals surface area contributed by atoms with Crippen LogP contribution in [0.3, 0.4) is 0 Å². The van der Waals surface area contributed by atoms with Gasteiger partial charge in [0.15, 0.2) is 11.4 Å². The van der Waals surface area contributed by atoms with Crippen LogP contribution in [0.5, 0.6) is 0 Å². The predicted octanol–water partition coefficient (Wildman–Crippen LogP) is 4.89. The molecule has 0 radical (unpaired) electrons. The lowest BCUT2D eigenvalue weighted by atomic mass is 9.98. The monoisotopic (exact) mass is 537 g/mol. The second-order valence-corrected chi connectivity index (χ2v) is 10.9. The molecule has 1 fully saturated rings. The molecule has 1 saturated heterocycles. The SMILES string of the molecule is CCCCCCCCCCCOCCOP(=O)(O)OCC1CCC(C#N)(c2ccc3c(N)ncnn23)O1. The van der Waals surface area contributed by atoms with Crippen molar-refractivity contribution in [2.75, 3.05) is 32.2 Å². The van der Waals surface area contributed by atoms with E-state index in [1.807, 2.05) is 0 Å². The van der Waals surface area contributed by atoms with E-state index >= 15 is 0 Å². The number of phosphoric acid groups is 1. The summed E-state index contributed by atoms with van der Waals surface area (Å²) in [5.74, 6) is 0.294. The number of nitriles is 1. The van der Waals surface area contributed by atoms with Gasteiger partial charge in [0, 0.05) is 6.61 Å². The van der Waals surface area contributed by atoms with Crippen molar-refractivity contribution in [3.8, 4) is 6.07 Å².